The molecular weight excluding hydrogens is 182 g/mol. The van der Waals surface area contributed by atoms with E-state index in [0.29, 0.717) is 0 Å². The Balaban J connectivity index is 4.30. The second-order valence-corrected chi connectivity index (χ2v) is 4.40. The molecule has 0 aliphatic rings. The molecule has 1 amide bonds. The maximum absolute atomic E-state index is 11.6. The average molecular weight is 203 g/mol. The second kappa shape index (κ2) is 5.32. The average Bonchev–Trinajstić information content (AvgIpc) is 2.16. The lowest BCUT2D eigenvalue weighted by Gasteiger charge is -2.28. The minimum atomic E-state index is -0.916. The Hall–Kier alpha value is -0.610. The van der Waals surface area contributed by atoms with Crippen LogP contribution in [0.1, 0.15) is 27.7 Å². The Morgan fingerprint density at radius 1 is 1.29 bits per heavy atom. The van der Waals surface area contributed by atoms with Gasteiger partial charge in [0.1, 0.15) is 0 Å². The van der Waals surface area contributed by atoms with Crippen LogP contribution >= 0.6 is 0 Å². The fourth-order valence-corrected chi connectivity index (χ4v) is 0.843. The van der Waals surface area contributed by atoms with Crippen molar-refractivity contribution in [1.29, 1.82) is 0 Å². The lowest BCUT2D eigenvalue weighted by molar-refractivity contribution is -0.128. The first-order chi connectivity index (χ1) is 6.36. The largest absolute Gasteiger partial charge is 0.394 e. The topological polar surface area (TPSA) is 69.6 Å². The molecule has 0 bridgehead atoms. The molecule has 4 nitrogen and oxygen atoms in total. The predicted octanol–water partition coefficient (Wildman–Crippen LogP) is 0.138. The highest BCUT2D eigenvalue weighted by atomic mass is 16.3. The Morgan fingerprint density at radius 2 is 1.71 bits per heavy atom. The fraction of sp³-hybridized carbons (Fsp3) is 0.900. The summed E-state index contributed by atoms with van der Waals surface area (Å²) >= 11 is 0. The van der Waals surface area contributed by atoms with Crippen molar-refractivity contribution in [2.45, 2.75) is 33.2 Å². The zero-order valence-electron chi connectivity index (χ0n) is 9.37. The van der Waals surface area contributed by atoms with Gasteiger partial charge in [0.15, 0.2) is 0 Å². The first kappa shape index (κ1) is 13.4. The number of rotatable bonds is 5. The van der Waals surface area contributed by atoms with Gasteiger partial charge in [0.05, 0.1) is 18.8 Å². The van der Waals surface area contributed by atoms with Gasteiger partial charge in [-0.2, -0.15) is 0 Å². The molecule has 0 aromatic carbocycles. The Kier molecular flexibility index (Phi) is 5.08. The van der Waals surface area contributed by atoms with Crippen LogP contribution in [0, 0.1) is 11.8 Å². The van der Waals surface area contributed by atoms with Gasteiger partial charge in [-0.3, -0.25) is 4.79 Å². The molecule has 0 saturated carbocycles. The summed E-state index contributed by atoms with van der Waals surface area (Å²) in [6.45, 7) is 6.83. The van der Waals surface area contributed by atoms with E-state index < -0.39 is 5.54 Å². The molecule has 3 N–H and O–H groups in total. The van der Waals surface area contributed by atoms with Crippen molar-refractivity contribution >= 4 is 5.91 Å². The third-order valence-electron chi connectivity index (χ3n) is 2.54. The number of carbonyl (C=O) groups is 1. The van der Waals surface area contributed by atoms with Crippen LogP contribution in [0.2, 0.25) is 0 Å². The van der Waals surface area contributed by atoms with Crippen LogP contribution in [-0.4, -0.2) is 34.9 Å². The van der Waals surface area contributed by atoms with Gasteiger partial charge in [0.25, 0.3) is 0 Å². The van der Waals surface area contributed by atoms with Gasteiger partial charge >= 0.3 is 0 Å². The van der Waals surface area contributed by atoms with Crippen molar-refractivity contribution in [2.75, 3.05) is 13.2 Å². The monoisotopic (exact) mass is 203 g/mol. The minimum absolute atomic E-state index is 0.118. The molecule has 84 valence electrons. The molecule has 14 heavy (non-hydrogen) atoms. The van der Waals surface area contributed by atoms with Gasteiger partial charge in [-0.15, -0.1) is 0 Å². The summed E-state index contributed by atoms with van der Waals surface area (Å²) in [6.07, 6.45) is 0. The Morgan fingerprint density at radius 3 is 2.00 bits per heavy atom. The number of aliphatic hydroxyl groups excluding tert-OH is 2. The summed E-state index contributed by atoms with van der Waals surface area (Å²) in [5.41, 5.74) is -0.916. The fourth-order valence-electron chi connectivity index (χ4n) is 0.843. The number of hydrogen-bond acceptors (Lipinski definition) is 3. The van der Waals surface area contributed by atoms with Crippen molar-refractivity contribution in [3.8, 4) is 0 Å². The molecular formula is C10H21NO3. The molecule has 0 spiro atoms. The molecule has 4 heteroatoms. The molecule has 0 heterocycles. The van der Waals surface area contributed by atoms with E-state index in [-0.39, 0.29) is 31.0 Å². The van der Waals surface area contributed by atoms with Crippen LogP contribution in [0.4, 0.5) is 0 Å². The van der Waals surface area contributed by atoms with Crippen LogP contribution in [0.5, 0.6) is 0 Å². The van der Waals surface area contributed by atoms with Gasteiger partial charge in [-0.05, 0) is 12.8 Å². The maximum atomic E-state index is 11.6. The highest BCUT2D eigenvalue weighted by molar-refractivity contribution is 5.79. The minimum Gasteiger partial charge on any atom is -0.394 e. The van der Waals surface area contributed by atoms with Gasteiger partial charge in [0, 0.05) is 5.92 Å². The van der Waals surface area contributed by atoms with Crippen LogP contribution in [-0.2, 0) is 4.79 Å². The van der Waals surface area contributed by atoms with E-state index in [2.05, 4.69) is 5.32 Å². The van der Waals surface area contributed by atoms with Crippen molar-refractivity contribution in [1.82, 2.24) is 5.32 Å². The summed E-state index contributed by atoms with van der Waals surface area (Å²) < 4.78 is 0. The second-order valence-electron chi connectivity index (χ2n) is 4.40. The highest BCUT2D eigenvalue weighted by Crippen LogP contribution is 2.11. The van der Waals surface area contributed by atoms with E-state index in [1.165, 1.54) is 0 Å². The van der Waals surface area contributed by atoms with Crippen LogP contribution < -0.4 is 5.32 Å². The summed E-state index contributed by atoms with van der Waals surface area (Å²) in [5, 5.41) is 20.6. The SMILES string of the molecule is CC(C)C(C)C(=O)NC(C)(CO)CO. The molecule has 0 rings (SSSR count). The van der Waals surface area contributed by atoms with Gasteiger partial charge < -0.3 is 15.5 Å². The van der Waals surface area contributed by atoms with Gasteiger partial charge in [0.2, 0.25) is 5.91 Å². The van der Waals surface area contributed by atoms with E-state index in [0.717, 1.165) is 0 Å². The molecule has 1 unspecified atom stereocenters. The summed E-state index contributed by atoms with van der Waals surface area (Å²) in [5.74, 6) is -0.00494. The predicted molar refractivity (Wildman–Crippen MR) is 54.7 cm³/mol. The zero-order valence-corrected chi connectivity index (χ0v) is 9.37. The molecule has 0 aliphatic carbocycles. The summed E-state index contributed by atoms with van der Waals surface area (Å²) in [4.78, 5) is 11.6. The molecule has 0 saturated heterocycles. The first-order valence-corrected chi connectivity index (χ1v) is 4.90. The van der Waals surface area contributed by atoms with Gasteiger partial charge in [-0.1, -0.05) is 20.8 Å². The molecule has 0 radical (unpaired) electrons. The number of carbonyl (C=O) groups excluding carboxylic acids is 1. The van der Waals surface area contributed by atoms with E-state index in [1.807, 2.05) is 20.8 Å². The van der Waals surface area contributed by atoms with Crippen molar-refractivity contribution in [3.05, 3.63) is 0 Å². The lowest BCUT2D eigenvalue weighted by atomic mass is 9.95. The Labute approximate surface area is 85.3 Å². The van der Waals surface area contributed by atoms with E-state index in [1.54, 1.807) is 6.92 Å². The van der Waals surface area contributed by atoms with E-state index in [9.17, 15) is 4.79 Å². The molecule has 0 fully saturated rings. The third-order valence-corrected chi connectivity index (χ3v) is 2.54. The van der Waals surface area contributed by atoms with E-state index in [4.69, 9.17) is 10.2 Å². The maximum Gasteiger partial charge on any atom is 0.223 e. The number of nitrogens with one attached hydrogen (secondary N) is 1. The number of hydrogen-bond donors (Lipinski definition) is 3. The molecule has 0 aliphatic heterocycles. The molecule has 0 aromatic heterocycles. The van der Waals surface area contributed by atoms with Crippen molar-refractivity contribution in [2.24, 2.45) is 11.8 Å². The number of aliphatic hydroxyl groups is 2. The van der Waals surface area contributed by atoms with Gasteiger partial charge in [-0.25, -0.2) is 0 Å². The summed E-state index contributed by atoms with van der Waals surface area (Å²) in [6, 6.07) is 0. The zero-order chi connectivity index (χ0) is 11.4. The smallest absolute Gasteiger partial charge is 0.223 e. The van der Waals surface area contributed by atoms with Crippen molar-refractivity contribution < 1.29 is 15.0 Å². The molecule has 1 atom stereocenters. The van der Waals surface area contributed by atoms with Crippen molar-refractivity contribution in [3.63, 3.8) is 0 Å². The quantitative estimate of drug-likeness (QED) is 0.595. The lowest BCUT2D eigenvalue weighted by Crippen LogP contribution is -2.53. The summed E-state index contributed by atoms with van der Waals surface area (Å²) in [7, 11) is 0. The first-order valence-electron chi connectivity index (χ1n) is 4.90. The third kappa shape index (κ3) is 3.64. The molecule has 0 aromatic rings. The van der Waals surface area contributed by atoms with E-state index >= 15 is 0 Å². The standard InChI is InChI=1S/C10H21NO3/c1-7(2)8(3)9(14)11-10(4,5-12)6-13/h7-8,12-13H,5-6H2,1-4H3,(H,11,14). The Bertz CT molecular complexity index is 188. The van der Waals surface area contributed by atoms with Crippen LogP contribution in [0.15, 0.2) is 0 Å². The van der Waals surface area contributed by atoms with Crippen LogP contribution in [0.25, 0.3) is 0 Å². The van der Waals surface area contributed by atoms with Crippen LogP contribution in [0.3, 0.4) is 0 Å². The number of amides is 1. The normalized spacial score (nSPS) is 14.2. The highest BCUT2D eigenvalue weighted by Gasteiger charge is 2.27.